The Kier molecular flexibility index (Phi) is 8.37. The Morgan fingerprint density at radius 2 is 1.07 bits per heavy atom. The van der Waals surface area contributed by atoms with E-state index < -0.39 is 73.4 Å². The largest absolute Gasteiger partial charge is 0.465 e. The van der Waals surface area contributed by atoms with Crippen LogP contribution >= 0.6 is 7.14 Å². The molecule has 164 valence electrons. The number of hydrogen-bond acceptors (Lipinski definition) is 11. The van der Waals surface area contributed by atoms with Crippen LogP contribution in [0.25, 0.3) is 0 Å². The van der Waals surface area contributed by atoms with Gasteiger partial charge < -0.3 is 28.2 Å². The maximum absolute atomic E-state index is 13.7. The van der Waals surface area contributed by atoms with Crippen LogP contribution in [0.1, 0.15) is 34.6 Å². The third-order valence-electron chi connectivity index (χ3n) is 4.12. The van der Waals surface area contributed by atoms with Gasteiger partial charge in [0.15, 0.2) is 24.2 Å². The maximum atomic E-state index is 13.7. The predicted molar refractivity (Wildman–Crippen MR) is 96.2 cm³/mol. The lowest BCUT2D eigenvalue weighted by molar-refractivity contribution is -0.197. The van der Waals surface area contributed by atoms with E-state index in [1.807, 2.05) is 0 Å². The van der Waals surface area contributed by atoms with E-state index in [9.17, 15) is 28.5 Å². The van der Waals surface area contributed by atoms with Crippen LogP contribution in [-0.4, -0.2) is 72.9 Å². The Hall–Kier alpha value is -2.42. The average Bonchev–Trinajstić information content (AvgIpc) is 2.52. The summed E-state index contributed by atoms with van der Waals surface area (Å²) in [6.07, 6.45) is -4.34. The summed E-state index contributed by atoms with van der Waals surface area (Å²) >= 11 is 0. The lowest BCUT2D eigenvalue weighted by atomic mass is 10.0. The van der Waals surface area contributed by atoms with Gasteiger partial charge in [0, 0.05) is 34.6 Å². The lowest BCUT2D eigenvalue weighted by Crippen LogP contribution is -2.61. The summed E-state index contributed by atoms with van der Waals surface area (Å²) in [5.74, 6) is -5.47. The van der Waals surface area contributed by atoms with Gasteiger partial charge in [-0.1, -0.05) is 0 Å². The van der Waals surface area contributed by atoms with Crippen LogP contribution in [0.3, 0.4) is 0 Å². The molecule has 1 heterocycles. The molecule has 0 bridgehead atoms. The van der Waals surface area contributed by atoms with Gasteiger partial charge in [-0.05, 0) is 6.66 Å². The van der Waals surface area contributed by atoms with Crippen molar-refractivity contribution in [1.29, 1.82) is 0 Å². The van der Waals surface area contributed by atoms with Crippen LogP contribution in [0, 0.1) is 0 Å². The molecule has 0 aromatic rings. The van der Waals surface area contributed by atoms with Gasteiger partial charge in [0.2, 0.25) is 0 Å². The second-order valence-electron chi connectivity index (χ2n) is 6.65. The van der Waals surface area contributed by atoms with Crippen LogP contribution in [0.2, 0.25) is 0 Å². The van der Waals surface area contributed by atoms with Gasteiger partial charge in [0.05, 0.1) is 5.66 Å². The number of ether oxygens (including phenoxy) is 5. The Bertz CT molecular complexity index is 731. The van der Waals surface area contributed by atoms with E-state index in [2.05, 4.69) is 0 Å². The standard InChI is InChI=1S/C17H25O11P/c1-8(18)24-7-13-14(25-9(2)19)15(26-10(3)20)16(27-11(4)21)17(28-12(5)22)29(13,6)23/h13-17H,7H2,1-6H3/t13-,14-,15+,16+,17-,29+/m1/s1. The van der Waals surface area contributed by atoms with Gasteiger partial charge in [0.25, 0.3) is 0 Å². The molecule has 1 aliphatic heterocycles. The molecule has 11 nitrogen and oxygen atoms in total. The second kappa shape index (κ2) is 9.87. The van der Waals surface area contributed by atoms with Crippen molar-refractivity contribution < 1.29 is 52.2 Å². The molecule has 0 saturated carbocycles. The minimum Gasteiger partial charge on any atom is -0.465 e. The SMILES string of the molecule is CC(=O)OC[C@@H]1[C@@H](OC(C)=O)[C@H](OC(C)=O)[C@H](OC(C)=O)[C@H](OC(C)=O)[P@@]1(C)=O. The Balaban J connectivity index is 3.59. The summed E-state index contributed by atoms with van der Waals surface area (Å²) in [6, 6.07) is 0. The molecule has 0 N–H and O–H groups in total. The van der Waals surface area contributed by atoms with E-state index in [4.69, 9.17) is 23.7 Å². The molecule has 0 aromatic carbocycles. The van der Waals surface area contributed by atoms with Crippen LogP contribution in [0.4, 0.5) is 0 Å². The highest BCUT2D eigenvalue weighted by Crippen LogP contribution is 2.60. The molecule has 0 aliphatic carbocycles. The quantitative estimate of drug-likeness (QED) is 0.327. The van der Waals surface area contributed by atoms with Crippen molar-refractivity contribution in [2.45, 2.75) is 64.4 Å². The van der Waals surface area contributed by atoms with Gasteiger partial charge in [-0.3, -0.25) is 24.0 Å². The number of rotatable bonds is 6. The highest BCUT2D eigenvalue weighted by atomic mass is 31.2. The molecular formula is C17H25O11P. The first kappa shape index (κ1) is 24.6. The summed E-state index contributed by atoms with van der Waals surface area (Å²) in [4.78, 5) is 57.9. The van der Waals surface area contributed by atoms with E-state index in [1.54, 1.807) is 0 Å². The third kappa shape index (κ3) is 6.56. The Morgan fingerprint density at radius 1 is 0.655 bits per heavy atom. The fourth-order valence-corrected chi connectivity index (χ4v) is 5.84. The number of carbonyl (C=O) groups excluding carboxylic acids is 5. The molecular weight excluding hydrogens is 411 g/mol. The highest BCUT2D eigenvalue weighted by molar-refractivity contribution is 7.64. The van der Waals surface area contributed by atoms with Gasteiger partial charge in [-0.2, -0.15) is 0 Å². The Labute approximate surface area is 167 Å². The molecule has 29 heavy (non-hydrogen) atoms. The van der Waals surface area contributed by atoms with Crippen LogP contribution in [0.5, 0.6) is 0 Å². The van der Waals surface area contributed by atoms with E-state index in [1.165, 1.54) is 6.66 Å². The summed E-state index contributed by atoms with van der Waals surface area (Å²) in [5.41, 5.74) is -1.18. The van der Waals surface area contributed by atoms with Crippen molar-refractivity contribution in [1.82, 2.24) is 0 Å². The van der Waals surface area contributed by atoms with Crippen molar-refractivity contribution >= 4 is 37.0 Å². The minimum atomic E-state index is -3.69. The molecule has 0 spiro atoms. The zero-order chi connectivity index (χ0) is 22.5. The normalized spacial score (nSPS) is 31.2. The molecule has 0 unspecified atom stereocenters. The van der Waals surface area contributed by atoms with E-state index in [0.29, 0.717) is 0 Å². The van der Waals surface area contributed by atoms with Gasteiger partial charge in [-0.15, -0.1) is 0 Å². The van der Waals surface area contributed by atoms with Gasteiger partial charge in [0.1, 0.15) is 13.7 Å². The summed E-state index contributed by atoms with van der Waals surface area (Å²) in [6.45, 7) is 6.16. The molecule has 1 saturated heterocycles. The first-order valence-corrected chi connectivity index (χ1v) is 11.0. The smallest absolute Gasteiger partial charge is 0.303 e. The van der Waals surface area contributed by atoms with E-state index in [-0.39, 0.29) is 0 Å². The van der Waals surface area contributed by atoms with Crippen LogP contribution in [0.15, 0.2) is 0 Å². The van der Waals surface area contributed by atoms with Crippen molar-refractivity contribution in [2.24, 2.45) is 0 Å². The van der Waals surface area contributed by atoms with Crippen molar-refractivity contribution in [3.05, 3.63) is 0 Å². The second-order valence-corrected chi connectivity index (χ2v) is 9.94. The van der Waals surface area contributed by atoms with Crippen molar-refractivity contribution in [2.75, 3.05) is 13.3 Å². The van der Waals surface area contributed by atoms with Gasteiger partial charge >= 0.3 is 29.8 Å². The zero-order valence-corrected chi connectivity index (χ0v) is 17.9. The van der Waals surface area contributed by atoms with Gasteiger partial charge in [-0.25, -0.2) is 0 Å². The Morgan fingerprint density at radius 3 is 1.48 bits per heavy atom. The molecule has 0 aromatic heterocycles. The lowest BCUT2D eigenvalue weighted by Gasteiger charge is -2.47. The number of esters is 5. The molecule has 1 rings (SSSR count). The summed E-state index contributed by atoms with van der Waals surface area (Å²) in [5, 5.41) is 0. The predicted octanol–water partition coefficient (Wildman–Crippen LogP) is 0.609. The molecule has 1 aliphatic rings. The minimum absolute atomic E-state index is 0.469. The molecule has 0 amide bonds. The fourth-order valence-electron chi connectivity index (χ4n) is 3.11. The van der Waals surface area contributed by atoms with Crippen molar-refractivity contribution in [3.8, 4) is 0 Å². The van der Waals surface area contributed by atoms with E-state index >= 15 is 0 Å². The zero-order valence-electron chi connectivity index (χ0n) is 17.0. The topological polar surface area (TPSA) is 149 Å². The summed E-state index contributed by atoms with van der Waals surface area (Å²) in [7, 11) is -3.69. The first-order valence-electron chi connectivity index (χ1n) is 8.66. The molecule has 1 fully saturated rings. The number of carbonyl (C=O) groups is 5. The van der Waals surface area contributed by atoms with E-state index in [0.717, 1.165) is 34.6 Å². The first-order chi connectivity index (χ1) is 13.3. The van der Waals surface area contributed by atoms with Crippen LogP contribution in [-0.2, 0) is 52.2 Å². The average molecular weight is 436 g/mol. The fraction of sp³-hybridized carbons (Fsp3) is 0.706. The molecule has 0 radical (unpaired) electrons. The summed E-state index contributed by atoms with van der Waals surface area (Å²) < 4.78 is 39.4. The molecule has 6 atom stereocenters. The highest BCUT2D eigenvalue weighted by Gasteiger charge is 2.61. The monoisotopic (exact) mass is 436 g/mol. The van der Waals surface area contributed by atoms with Crippen molar-refractivity contribution in [3.63, 3.8) is 0 Å². The van der Waals surface area contributed by atoms with Crippen LogP contribution < -0.4 is 0 Å². The molecule has 12 heteroatoms. The maximum Gasteiger partial charge on any atom is 0.303 e. The third-order valence-corrected chi connectivity index (χ3v) is 7.29. The number of hydrogen-bond donors (Lipinski definition) is 0.